The van der Waals surface area contributed by atoms with Gasteiger partial charge in [0.25, 0.3) is 0 Å². The molecule has 0 unspecified atom stereocenters. The third-order valence-electron chi connectivity index (χ3n) is 4.02. The molecule has 0 saturated heterocycles. The van der Waals surface area contributed by atoms with Crippen molar-refractivity contribution >= 4 is 27.6 Å². The average molecular weight is 410 g/mol. The highest BCUT2D eigenvalue weighted by molar-refractivity contribution is 7.89. The van der Waals surface area contributed by atoms with Crippen LogP contribution in [0.5, 0.6) is 5.75 Å². The quantitative estimate of drug-likeness (QED) is 0.534. The molecule has 1 aliphatic rings. The summed E-state index contributed by atoms with van der Waals surface area (Å²) in [7, 11) is -3.76. The normalized spacial score (nSPS) is 14.0. The van der Waals surface area contributed by atoms with Gasteiger partial charge in [0, 0.05) is 6.04 Å². The van der Waals surface area contributed by atoms with Crippen LogP contribution in [0, 0.1) is 6.92 Å². The van der Waals surface area contributed by atoms with Gasteiger partial charge in [-0.25, -0.2) is 17.9 Å². The van der Waals surface area contributed by atoms with Crippen LogP contribution in [0.1, 0.15) is 28.8 Å². The summed E-state index contributed by atoms with van der Waals surface area (Å²) in [6.07, 6.45) is 1.61. The lowest BCUT2D eigenvalue weighted by Crippen LogP contribution is -2.26. The molecule has 27 heavy (non-hydrogen) atoms. The van der Waals surface area contributed by atoms with Gasteiger partial charge in [-0.1, -0.05) is 29.8 Å². The number of hydrogen-bond acceptors (Lipinski definition) is 5. The minimum absolute atomic E-state index is 0.0399. The maximum absolute atomic E-state index is 12.4. The first-order valence-corrected chi connectivity index (χ1v) is 10.4. The van der Waals surface area contributed by atoms with E-state index < -0.39 is 16.0 Å². The number of rotatable bonds is 8. The summed E-state index contributed by atoms with van der Waals surface area (Å²) in [5, 5.41) is 0.0580. The first-order valence-electron chi connectivity index (χ1n) is 8.54. The minimum atomic E-state index is -3.76. The van der Waals surface area contributed by atoms with Crippen LogP contribution < -0.4 is 9.46 Å². The zero-order valence-electron chi connectivity index (χ0n) is 14.8. The molecule has 8 heteroatoms. The molecule has 0 amide bonds. The average Bonchev–Trinajstić information content (AvgIpc) is 3.43. The van der Waals surface area contributed by atoms with Crippen LogP contribution in [-0.4, -0.2) is 33.6 Å². The Morgan fingerprint density at radius 1 is 1.19 bits per heavy atom. The Hall–Kier alpha value is -2.09. The van der Waals surface area contributed by atoms with Gasteiger partial charge in [-0.3, -0.25) is 0 Å². The highest BCUT2D eigenvalue weighted by Gasteiger charge is 2.29. The van der Waals surface area contributed by atoms with Crippen molar-refractivity contribution in [2.24, 2.45) is 0 Å². The summed E-state index contributed by atoms with van der Waals surface area (Å²) in [5.41, 5.74) is 1.10. The number of aryl methyl sites for hydroxylation is 1. The highest BCUT2D eigenvalue weighted by atomic mass is 35.5. The van der Waals surface area contributed by atoms with Crippen LogP contribution in [0.4, 0.5) is 0 Å². The number of nitrogens with one attached hydrogen (secondary N) is 1. The molecule has 2 aromatic carbocycles. The highest BCUT2D eigenvalue weighted by Crippen LogP contribution is 2.27. The minimum Gasteiger partial charge on any atom is -0.490 e. The number of esters is 1. The first kappa shape index (κ1) is 19.7. The second-order valence-corrected chi connectivity index (χ2v) is 8.38. The Morgan fingerprint density at radius 2 is 1.93 bits per heavy atom. The number of halogens is 1. The molecule has 0 atom stereocenters. The predicted octanol–water partition coefficient (Wildman–Crippen LogP) is 3.32. The lowest BCUT2D eigenvalue weighted by Gasteiger charge is -2.11. The summed E-state index contributed by atoms with van der Waals surface area (Å²) in [6, 6.07) is 11.5. The Balaban J connectivity index is 1.60. The lowest BCUT2D eigenvalue weighted by molar-refractivity contribution is 0.0450. The van der Waals surface area contributed by atoms with Crippen molar-refractivity contribution in [3.8, 4) is 5.75 Å². The molecule has 0 bridgehead atoms. The van der Waals surface area contributed by atoms with Gasteiger partial charge in [0.2, 0.25) is 10.0 Å². The van der Waals surface area contributed by atoms with Crippen molar-refractivity contribution in [1.29, 1.82) is 0 Å². The van der Waals surface area contributed by atoms with Crippen LogP contribution in [-0.2, 0) is 14.8 Å². The van der Waals surface area contributed by atoms with E-state index in [2.05, 4.69) is 4.72 Å². The number of para-hydroxylation sites is 1. The molecule has 144 valence electrons. The molecular weight excluding hydrogens is 390 g/mol. The number of sulfonamides is 1. The summed E-state index contributed by atoms with van der Waals surface area (Å²) < 4.78 is 38.0. The number of benzene rings is 2. The van der Waals surface area contributed by atoms with Gasteiger partial charge in [-0.15, -0.1) is 0 Å². The molecule has 6 nitrogen and oxygen atoms in total. The number of carbonyl (C=O) groups excluding carboxylic acids is 1. The van der Waals surface area contributed by atoms with E-state index in [-0.39, 0.29) is 34.7 Å². The van der Waals surface area contributed by atoms with E-state index in [9.17, 15) is 13.2 Å². The molecule has 0 aromatic heterocycles. The summed E-state index contributed by atoms with van der Waals surface area (Å²) in [6.45, 7) is 2.16. The number of ether oxygens (including phenoxy) is 2. The summed E-state index contributed by atoms with van der Waals surface area (Å²) in [4.78, 5) is 12.1. The second kappa shape index (κ2) is 8.29. The molecular formula is C19H20ClNO5S. The molecule has 1 N–H and O–H groups in total. The van der Waals surface area contributed by atoms with Crippen molar-refractivity contribution in [2.45, 2.75) is 30.7 Å². The van der Waals surface area contributed by atoms with E-state index >= 15 is 0 Å². The molecule has 1 aliphatic carbocycles. The summed E-state index contributed by atoms with van der Waals surface area (Å²) >= 11 is 6.01. The molecule has 0 heterocycles. The second-order valence-electron chi connectivity index (χ2n) is 6.29. The Kier molecular flexibility index (Phi) is 6.04. The zero-order valence-corrected chi connectivity index (χ0v) is 16.3. The molecule has 1 fully saturated rings. The van der Waals surface area contributed by atoms with Gasteiger partial charge in [-0.05, 0) is 49.6 Å². The van der Waals surface area contributed by atoms with Gasteiger partial charge in [0.1, 0.15) is 23.9 Å². The van der Waals surface area contributed by atoms with Gasteiger partial charge in [-0.2, -0.15) is 0 Å². The van der Waals surface area contributed by atoms with E-state index in [1.54, 1.807) is 0 Å². The fourth-order valence-corrected chi connectivity index (χ4v) is 4.24. The molecule has 0 aliphatic heterocycles. The molecule has 0 spiro atoms. The number of carbonyl (C=O) groups is 1. The van der Waals surface area contributed by atoms with E-state index in [4.69, 9.17) is 21.1 Å². The van der Waals surface area contributed by atoms with Crippen molar-refractivity contribution in [3.63, 3.8) is 0 Å². The maximum atomic E-state index is 12.4. The van der Waals surface area contributed by atoms with Crippen molar-refractivity contribution in [1.82, 2.24) is 4.72 Å². The third kappa shape index (κ3) is 5.22. The van der Waals surface area contributed by atoms with E-state index in [0.29, 0.717) is 0 Å². The first-order chi connectivity index (χ1) is 12.9. The van der Waals surface area contributed by atoms with Gasteiger partial charge >= 0.3 is 5.97 Å². The fraction of sp³-hybridized carbons (Fsp3) is 0.316. The van der Waals surface area contributed by atoms with Crippen LogP contribution in [0.3, 0.4) is 0 Å². The monoisotopic (exact) mass is 409 g/mol. The van der Waals surface area contributed by atoms with E-state index in [1.165, 1.54) is 18.2 Å². The molecule has 3 rings (SSSR count). The van der Waals surface area contributed by atoms with Crippen LogP contribution in [0.2, 0.25) is 5.02 Å². The zero-order chi connectivity index (χ0) is 19.4. The van der Waals surface area contributed by atoms with E-state index in [1.807, 2.05) is 31.2 Å². The number of hydrogen-bond donors (Lipinski definition) is 1. The fourth-order valence-electron chi connectivity index (χ4n) is 2.41. The van der Waals surface area contributed by atoms with Gasteiger partial charge < -0.3 is 9.47 Å². The SMILES string of the molecule is Cc1ccccc1OCCOC(=O)c1ccc(Cl)c(S(=O)(=O)NC2CC2)c1. The molecule has 2 aromatic rings. The largest absolute Gasteiger partial charge is 0.490 e. The van der Waals surface area contributed by atoms with Gasteiger partial charge in [0.05, 0.1) is 10.6 Å². The topological polar surface area (TPSA) is 81.7 Å². The van der Waals surface area contributed by atoms with Crippen LogP contribution in [0.25, 0.3) is 0 Å². The maximum Gasteiger partial charge on any atom is 0.338 e. The van der Waals surface area contributed by atoms with Crippen molar-refractivity contribution < 1.29 is 22.7 Å². The molecule has 0 radical (unpaired) electrons. The smallest absolute Gasteiger partial charge is 0.338 e. The Bertz CT molecular complexity index is 941. The van der Waals surface area contributed by atoms with Crippen LogP contribution in [0.15, 0.2) is 47.4 Å². The van der Waals surface area contributed by atoms with Crippen molar-refractivity contribution in [2.75, 3.05) is 13.2 Å². The third-order valence-corrected chi connectivity index (χ3v) is 6.03. The van der Waals surface area contributed by atoms with Crippen molar-refractivity contribution in [3.05, 3.63) is 58.6 Å². The standard InChI is InChI=1S/C19H20ClNO5S/c1-13-4-2-3-5-17(13)25-10-11-26-19(22)14-6-9-16(20)18(12-14)27(23,24)21-15-7-8-15/h2-6,9,12,15,21H,7-8,10-11H2,1H3. The summed E-state index contributed by atoms with van der Waals surface area (Å²) in [5.74, 6) is 0.0856. The Labute approximate surface area is 163 Å². The van der Waals surface area contributed by atoms with Crippen LogP contribution >= 0.6 is 11.6 Å². The molecule has 1 saturated carbocycles. The van der Waals surface area contributed by atoms with E-state index in [0.717, 1.165) is 24.2 Å². The predicted molar refractivity (Wildman–Crippen MR) is 102 cm³/mol. The van der Waals surface area contributed by atoms with Gasteiger partial charge in [0.15, 0.2) is 0 Å². The lowest BCUT2D eigenvalue weighted by atomic mass is 10.2. The Morgan fingerprint density at radius 3 is 2.63 bits per heavy atom.